The Balaban J connectivity index is 2.35. The van der Waals surface area contributed by atoms with Gasteiger partial charge in [0.1, 0.15) is 18.3 Å². The molecule has 0 aromatic heterocycles. The van der Waals surface area contributed by atoms with Crippen molar-refractivity contribution in [3.8, 4) is 5.75 Å². The molecule has 0 atom stereocenters. The third kappa shape index (κ3) is 5.98. The van der Waals surface area contributed by atoms with Crippen LogP contribution in [-0.4, -0.2) is 44.3 Å². The number of rotatable bonds is 10. The number of nitrogens with zero attached hydrogens (tertiary/aromatic N) is 3. The van der Waals surface area contributed by atoms with Crippen LogP contribution in [0.1, 0.15) is 18.9 Å². The number of hydrogen-bond acceptors (Lipinski definition) is 6. The molecule has 0 aliphatic heterocycles. The molecule has 1 N–H and O–H groups in total. The van der Waals surface area contributed by atoms with Gasteiger partial charge in [-0.1, -0.05) is 18.5 Å². The highest BCUT2D eigenvalue weighted by Gasteiger charge is 2.22. The number of nitro groups is 1. The maximum Gasteiger partial charge on any atom is 0.311 e. The van der Waals surface area contributed by atoms with Crippen LogP contribution >= 0.6 is 11.6 Å². The minimum atomic E-state index is -0.564. The second kappa shape index (κ2) is 11.2. The minimum Gasteiger partial charge on any atom is -0.484 e. The molecule has 0 spiro atoms. The molecule has 0 saturated carbocycles. The Morgan fingerprint density at radius 1 is 1.30 bits per heavy atom. The smallest absolute Gasteiger partial charge is 0.311 e. The summed E-state index contributed by atoms with van der Waals surface area (Å²) in [6.07, 6.45) is 0.866. The lowest BCUT2D eigenvalue weighted by Crippen LogP contribution is -2.15. The minimum absolute atomic E-state index is 0.0477. The maximum absolute atomic E-state index is 13.4. The summed E-state index contributed by atoms with van der Waals surface area (Å²) >= 11 is 5.81. The predicted octanol–water partition coefficient (Wildman–Crippen LogP) is 5.01. The van der Waals surface area contributed by atoms with Gasteiger partial charge >= 0.3 is 5.69 Å². The fraction of sp³-hybridized carbons (Fsp3) is 0.300. The largest absolute Gasteiger partial charge is 0.484 e. The highest BCUT2D eigenvalue weighted by molar-refractivity contribution is 6.31. The number of aliphatic imine (C=N–C) groups is 2. The van der Waals surface area contributed by atoms with Gasteiger partial charge in [0.25, 0.3) is 0 Å². The molecule has 0 saturated heterocycles. The van der Waals surface area contributed by atoms with Gasteiger partial charge in [0.05, 0.1) is 22.2 Å². The molecule has 0 amide bonds. The fourth-order valence-corrected chi connectivity index (χ4v) is 2.73. The van der Waals surface area contributed by atoms with Crippen molar-refractivity contribution < 1.29 is 18.8 Å². The Bertz CT molecular complexity index is 953. The topological polar surface area (TPSA) is 98.3 Å². The van der Waals surface area contributed by atoms with Gasteiger partial charge in [-0.15, -0.1) is 0 Å². The van der Waals surface area contributed by atoms with Crippen molar-refractivity contribution in [3.05, 3.63) is 56.8 Å². The van der Waals surface area contributed by atoms with Crippen molar-refractivity contribution in [2.75, 3.05) is 32.2 Å². The molecule has 0 aliphatic carbocycles. The number of halogens is 2. The van der Waals surface area contributed by atoms with Gasteiger partial charge in [-0.3, -0.25) is 20.1 Å². The van der Waals surface area contributed by atoms with Gasteiger partial charge in [0.15, 0.2) is 5.75 Å². The van der Waals surface area contributed by atoms with Crippen LogP contribution in [0, 0.1) is 15.9 Å². The summed E-state index contributed by atoms with van der Waals surface area (Å²) in [5.74, 6) is -0.252. The van der Waals surface area contributed by atoms with Gasteiger partial charge in [-0.05, 0) is 31.3 Å². The number of amidine groups is 1. The zero-order chi connectivity index (χ0) is 22.1. The summed E-state index contributed by atoms with van der Waals surface area (Å²) in [7, 11) is 1.50. The van der Waals surface area contributed by atoms with E-state index >= 15 is 0 Å². The fourth-order valence-electron chi connectivity index (χ4n) is 2.55. The molecular weight excluding hydrogens is 415 g/mol. The number of nitro benzene ring substituents is 1. The van der Waals surface area contributed by atoms with Crippen LogP contribution in [0.15, 0.2) is 40.3 Å². The van der Waals surface area contributed by atoms with E-state index in [1.54, 1.807) is 0 Å². The number of hydrogen-bond donors (Lipinski definition) is 1. The van der Waals surface area contributed by atoms with Crippen LogP contribution in [0.4, 0.5) is 21.5 Å². The molecule has 2 rings (SSSR count). The van der Waals surface area contributed by atoms with Gasteiger partial charge in [0, 0.05) is 37.0 Å². The molecule has 0 fully saturated rings. The van der Waals surface area contributed by atoms with E-state index in [4.69, 9.17) is 21.1 Å². The summed E-state index contributed by atoms with van der Waals surface area (Å²) in [4.78, 5) is 19.1. The lowest BCUT2D eigenvalue weighted by atomic mass is 10.1. The highest BCUT2D eigenvalue weighted by Crippen LogP contribution is 2.35. The van der Waals surface area contributed by atoms with E-state index in [-0.39, 0.29) is 28.9 Å². The van der Waals surface area contributed by atoms with Crippen LogP contribution in [0.3, 0.4) is 0 Å². The first-order valence-corrected chi connectivity index (χ1v) is 9.48. The third-order valence-corrected chi connectivity index (χ3v) is 4.23. The average molecular weight is 437 g/mol. The van der Waals surface area contributed by atoms with Crippen molar-refractivity contribution in [2.45, 2.75) is 13.3 Å². The Labute approximate surface area is 178 Å². The van der Waals surface area contributed by atoms with Crippen molar-refractivity contribution in [3.63, 3.8) is 0 Å². The molecule has 0 aliphatic rings. The quantitative estimate of drug-likeness (QED) is 0.185. The van der Waals surface area contributed by atoms with E-state index in [1.165, 1.54) is 37.4 Å². The second-order valence-electron chi connectivity index (χ2n) is 6.04. The molecule has 10 heteroatoms. The lowest BCUT2D eigenvalue weighted by Gasteiger charge is -2.14. The Kier molecular flexibility index (Phi) is 8.70. The summed E-state index contributed by atoms with van der Waals surface area (Å²) in [6.45, 7) is 6.54. The SMILES string of the molecule is C=Nc1cc(OCCOCCC)c([N+](=O)[O-])cc1/C(=N\C)Nc1ccc(F)c(Cl)c1. The highest BCUT2D eigenvalue weighted by atomic mass is 35.5. The average Bonchev–Trinajstić information content (AvgIpc) is 2.73. The number of ether oxygens (including phenoxy) is 2. The van der Waals surface area contributed by atoms with Gasteiger partial charge in [0.2, 0.25) is 0 Å². The molecule has 0 heterocycles. The van der Waals surface area contributed by atoms with Crippen LogP contribution in [0.25, 0.3) is 0 Å². The van der Waals surface area contributed by atoms with E-state index in [9.17, 15) is 14.5 Å². The molecule has 160 valence electrons. The van der Waals surface area contributed by atoms with E-state index in [0.29, 0.717) is 30.2 Å². The van der Waals surface area contributed by atoms with Crippen molar-refractivity contribution >= 4 is 41.2 Å². The summed E-state index contributed by atoms with van der Waals surface area (Å²) in [5.41, 5.74) is 0.849. The monoisotopic (exact) mass is 436 g/mol. The molecule has 8 nitrogen and oxygen atoms in total. The van der Waals surface area contributed by atoms with Gasteiger partial charge in [-0.25, -0.2) is 4.39 Å². The molecule has 2 aromatic rings. The van der Waals surface area contributed by atoms with Gasteiger partial charge in [-0.2, -0.15) is 0 Å². The summed E-state index contributed by atoms with van der Waals surface area (Å²) in [5, 5.41) is 14.5. The molecule has 0 radical (unpaired) electrons. The Hall–Kier alpha value is -3.04. The molecular formula is C20H22ClFN4O4. The van der Waals surface area contributed by atoms with Crippen LogP contribution in [0.5, 0.6) is 5.75 Å². The first-order valence-electron chi connectivity index (χ1n) is 9.10. The van der Waals surface area contributed by atoms with E-state index in [0.717, 1.165) is 6.42 Å². The zero-order valence-corrected chi connectivity index (χ0v) is 17.4. The molecule has 0 bridgehead atoms. The predicted molar refractivity (Wildman–Crippen MR) is 116 cm³/mol. The normalized spacial score (nSPS) is 11.3. The standard InChI is InChI=1S/C20H22ClFN4O4/c1-4-7-29-8-9-30-19-12-17(23-2)14(11-18(19)26(27)28)20(24-3)25-13-5-6-16(22)15(21)10-13/h5-6,10-12H,2,4,7-9H2,1,3H3,(H,24,25). The summed E-state index contributed by atoms with van der Waals surface area (Å²) < 4.78 is 24.3. The molecule has 2 aromatic carbocycles. The number of nitrogens with one attached hydrogen (secondary N) is 1. The first kappa shape index (κ1) is 23.2. The number of anilines is 1. The van der Waals surface area contributed by atoms with Crippen molar-refractivity contribution in [2.24, 2.45) is 9.98 Å². The van der Waals surface area contributed by atoms with Crippen molar-refractivity contribution in [1.29, 1.82) is 0 Å². The Morgan fingerprint density at radius 2 is 2.07 bits per heavy atom. The maximum atomic E-state index is 13.4. The van der Waals surface area contributed by atoms with Crippen molar-refractivity contribution in [1.82, 2.24) is 0 Å². The van der Waals surface area contributed by atoms with Crippen LogP contribution in [0.2, 0.25) is 5.02 Å². The molecule has 0 unspecified atom stereocenters. The Morgan fingerprint density at radius 3 is 2.67 bits per heavy atom. The van der Waals surface area contributed by atoms with E-state index < -0.39 is 10.7 Å². The van der Waals surface area contributed by atoms with Crippen LogP contribution < -0.4 is 10.1 Å². The van der Waals surface area contributed by atoms with Crippen LogP contribution in [-0.2, 0) is 4.74 Å². The lowest BCUT2D eigenvalue weighted by molar-refractivity contribution is -0.385. The van der Waals surface area contributed by atoms with Gasteiger partial charge < -0.3 is 14.8 Å². The first-order chi connectivity index (χ1) is 14.4. The van der Waals surface area contributed by atoms with E-state index in [2.05, 4.69) is 22.0 Å². The number of benzene rings is 2. The zero-order valence-electron chi connectivity index (χ0n) is 16.7. The molecule has 30 heavy (non-hydrogen) atoms. The third-order valence-electron chi connectivity index (χ3n) is 3.94. The van der Waals surface area contributed by atoms with E-state index in [1.807, 2.05) is 6.92 Å². The second-order valence-corrected chi connectivity index (χ2v) is 6.45. The summed E-state index contributed by atoms with van der Waals surface area (Å²) in [6, 6.07) is 6.77.